The van der Waals surface area contributed by atoms with Crippen LogP contribution < -0.4 is 4.90 Å². The summed E-state index contributed by atoms with van der Waals surface area (Å²) < 4.78 is 30.0. The van der Waals surface area contributed by atoms with Crippen molar-refractivity contribution >= 4 is 13.4 Å². The van der Waals surface area contributed by atoms with E-state index in [2.05, 4.69) is 0 Å². The van der Waals surface area contributed by atoms with Crippen molar-refractivity contribution in [2.24, 2.45) is 0 Å². The normalized spacial score (nSPS) is 30.7. The van der Waals surface area contributed by atoms with Crippen molar-refractivity contribution in [3.63, 3.8) is 0 Å². The van der Waals surface area contributed by atoms with E-state index in [1.807, 2.05) is 20.8 Å². The van der Waals surface area contributed by atoms with Crippen molar-refractivity contribution in [3.05, 3.63) is 0 Å². The number of piperazine rings is 1. The van der Waals surface area contributed by atoms with E-state index in [1.54, 1.807) is 4.90 Å². The fourth-order valence-electron chi connectivity index (χ4n) is 2.87. The van der Waals surface area contributed by atoms with Crippen LogP contribution in [0.25, 0.3) is 0 Å². The summed E-state index contributed by atoms with van der Waals surface area (Å²) in [5.41, 5.74) is -0.506. The molecule has 18 heavy (non-hydrogen) atoms. The van der Waals surface area contributed by atoms with Crippen LogP contribution in [0.4, 0.5) is 13.4 Å². The lowest BCUT2D eigenvalue weighted by Crippen LogP contribution is -3.17. The molecule has 0 saturated carbocycles. The Morgan fingerprint density at radius 1 is 1.50 bits per heavy atom. The minimum absolute atomic E-state index is 0.0681. The molecule has 0 aliphatic carbocycles. The van der Waals surface area contributed by atoms with Crippen LogP contribution in [0.1, 0.15) is 27.2 Å². The summed E-state index contributed by atoms with van der Waals surface area (Å²) in [6, 6.07) is 0.218. The largest absolute Gasteiger partial charge is 0.592 e. The van der Waals surface area contributed by atoms with Crippen molar-refractivity contribution in [1.29, 1.82) is 0 Å². The molecule has 2 heterocycles. The number of amides is 1. The summed E-state index contributed by atoms with van der Waals surface area (Å²) in [5.74, 6) is 0. The lowest BCUT2D eigenvalue weighted by atomic mass is 9.98. The first-order valence-corrected chi connectivity index (χ1v) is 6.38. The zero-order chi connectivity index (χ0) is 13.5. The fraction of sp³-hybridized carbons (Fsp3) is 0.909. The third-order valence-electron chi connectivity index (χ3n) is 3.53. The molecule has 1 N–H and O–H groups in total. The van der Waals surface area contributed by atoms with E-state index in [0.29, 0.717) is 13.1 Å². The Kier molecular flexibility index (Phi) is 3.53. The molecule has 0 spiro atoms. The third kappa shape index (κ3) is 2.94. The Hall–Kier alpha value is -0.845. The van der Waals surface area contributed by atoms with Crippen molar-refractivity contribution in [1.82, 2.24) is 4.90 Å². The smallest absolute Gasteiger partial charge is 0.444 e. The average Bonchev–Trinajstić information content (AvgIpc) is 2.72. The van der Waals surface area contributed by atoms with E-state index in [1.165, 1.54) is 0 Å². The standard InChI is InChI=1S/C11H19BF2N2O2/c1-11(2,3)18-10(17)16-6-8-4-9(16)5-15(8)7-12(13)14/h8-9H,4-7H2,1-3H3/p+1. The number of nitrogens with zero attached hydrogens (tertiary/aromatic N) is 1. The predicted octanol–water partition coefficient (Wildman–Crippen LogP) is 0.229. The second-order valence-corrected chi connectivity index (χ2v) is 6.18. The third-order valence-corrected chi connectivity index (χ3v) is 3.53. The van der Waals surface area contributed by atoms with Crippen LogP contribution in [0.15, 0.2) is 0 Å². The molecular formula is C11H20BF2N2O2+. The molecule has 0 aromatic heterocycles. The van der Waals surface area contributed by atoms with Gasteiger partial charge < -0.3 is 9.64 Å². The van der Waals surface area contributed by atoms with Gasteiger partial charge in [0.15, 0.2) is 0 Å². The first-order valence-electron chi connectivity index (χ1n) is 6.38. The van der Waals surface area contributed by atoms with Crippen LogP contribution in [0, 0.1) is 0 Å². The summed E-state index contributed by atoms with van der Waals surface area (Å²) in [6.45, 7) is 6.64. The topological polar surface area (TPSA) is 34.0 Å². The van der Waals surface area contributed by atoms with Gasteiger partial charge >= 0.3 is 13.4 Å². The van der Waals surface area contributed by atoms with E-state index in [4.69, 9.17) is 4.74 Å². The first kappa shape index (κ1) is 13.6. The van der Waals surface area contributed by atoms with Crippen LogP contribution in [-0.4, -0.2) is 55.5 Å². The summed E-state index contributed by atoms with van der Waals surface area (Å²) in [4.78, 5) is 14.6. The van der Waals surface area contributed by atoms with Gasteiger partial charge in [-0.05, 0) is 20.8 Å². The van der Waals surface area contributed by atoms with E-state index in [-0.39, 0.29) is 24.6 Å². The Morgan fingerprint density at radius 2 is 2.17 bits per heavy atom. The molecule has 2 aliphatic rings. The van der Waals surface area contributed by atoms with E-state index >= 15 is 0 Å². The number of carbonyl (C=O) groups excluding carboxylic acids is 1. The summed E-state index contributed by atoms with van der Waals surface area (Å²) in [5, 5.41) is 0. The molecule has 0 radical (unpaired) electrons. The number of hydrogen-bond donors (Lipinski definition) is 1. The molecule has 4 nitrogen and oxygen atoms in total. The van der Waals surface area contributed by atoms with Gasteiger partial charge in [-0.2, -0.15) is 0 Å². The summed E-state index contributed by atoms with van der Waals surface area (Å²) >= 11 is 0. The van der Waals surface area contributed by atoms with Gasteiger partial charge in [0.1, 0.15) is 18.1 Å². The molecule has 2 rings (SSSR count). The lowest BCUT2D eigenvalue weighted by Gasteiger charge is -2.32. The second kappa shape index (κ2) is 4.68. The highest BCUT2D eigenvalue weighted by atomic mass is 19.2. The predicted molar refractivity (Wildman–Crippen MR) is 63.8 cm³/mol. The molecule has 7 heteroatoms. The zero-order valence-corrected chi connectivity index (χ0v) is 11.1. The lowest BCUT2D eigenvalue weighted by molar-refractivity contribution is -0.907. The van der Waals surface area contributed by atoms with Gasteiger partial charge in [-0.1, -0.05) is 0 Å². The van der Waals surface area contributed by atoms with Crippen molar-refractivity contribution in [2.45, 2.75) is 44.9 Å². The molecule has 2 saturated heterocycles. The maximum absolute atomic E-state index is 12.4. The van der Waals surface area contributed by atoms with Gasteiger partial charge in [0, 0.05) is 6.42 Å². The number of nitrogens with one attached hydrogen (secondary N) is 1. The highest BCUT2D eigenvalue weighted by molar-refractivity contribution is 6.42. The number of fused-ring (bicyclic) bond motifs is 2. The van der Waals surface area contributed by atoms with Gasteiger partial charge in [0.25, 0.3) is 0 Å². The van der Waals surface area contributed by atoms with E-state index in [0.717, 1.165) is 11.3 Å². The molecule has 3 atom stereocenters. The molecular weight excluding hydrogens is 241 g/mol. The molecule has 0 aromatic carbocycles. The van der Waals surface area contributed by atoms with Gasteiger partial charge in [-0.25, -0.2) is 4.79 Å². The van der Waals surface area contributed by atoms with Crippen LogP contribution in [0.3, 0.4) is 0 Å². The first-order chi connectivity index (χ1) is 8.26. The average molecular weight is 261 g/mol. The van der Waals surface area contributed by atoms with Gasteiger partial charge in [-0.3, -0.25) is 13.5 Å². The summed E-state index contributed by atoms with van der Waals surface area (Å²) in [7, 11) is -2.27. The number of likely N-dealkylation sites (tertiary alicyclic amines) is 2. The van der Waals surface area contributed by atoms with Crippen LogP contribution >= 0.6 is 0 Å². The molecule has 2 aliphatic heterocycles. The van der Waals surface area contributed by atoms with Crippen LogP contribution in [0.5, 0.6) is 0 Å². The van der Waals surface area contributed by atoms with Crippen molar-refractivity contribution in [2.75, 3.05) is 19.5 Å². The van der Waals surface area contributed by atoms with Gasteiger partial charge in [0.05, 0.1) is 19.1 Å². The maximum atomic E-state index is 12.4. The molecule has 0 aromatic rings. The number of carbonyl (C=O) groups is 1. The minimum Gasteiger partial charge on any atom is -0.444 e. The highest BCUT2D eigenvalue weighted by Gasteiger charge is 2.50. The molecule has 2 bridgehead atoms. The van der Waals surface area contributed by atoms with Gasteiger partial charge in [-0.15, -0.1) is 0 Å². The molecule has 2 fully saturated rings. The fourth-order valence-corrected chi connectivity index (χ4v) is 2.87. The van der Waals surface area contributed by atoms with Crippen molar-refractivity contribution < 1.29 is 23.1 Å². The SMILES string of the molecule is CC(C)(C)OC(=O)N1CC2CC1C[NH+]2CB(F)F. The summed E-state index contributed by atoms with van der Waals surface area (Å²) in [6.07, 6.45) is 0.399. The molecule has 1 amide bonds. The Balaban J connectivity index is 1.89. The Labute approximate surface area is 106 Å². The van der Waals surface area contributed by atoms with Crippen LogP contribution in [0.2, 0.25) is 0 Å². The second-order valence-electron chi connectivity index (χ2n) is 6.18. The Morgan fingerprint density at radius 3 is 2.61 bits per heavy atom. The Bertz CT molecular complexity index is 335. The van der Waals surface area contributed by atoms with Gasteiger partial charge in [0.2, 0.25) is 0 Å². The molecule has 102 valence electrons. The van der Waals surface area contributed by atoms with Crippen molar-refractivity contribution in [3.8, 4) is 0 Å². The zero-order valence-electron chi connectivity index (χ0n) is 11.1. The molecule has 3 unspecified atom stereocenters. The maximum Gasteiger partial charge on any atom is 0.592 e. The van der Waals surface area contributed by atoms with E-state index < -0.39 is 12.9 Å². The number of ether oxygens (including phenoxy) is 1. The monoisotopic (exact) mass is 261 g/mol. The number of hydrogen-bond acceptors (Lipinski definition) is 2. The van der Waals surface area contributed by atoms with Crippen LogP contribution in [-0.2, 0) is 4.74 Å². The quantitative estimate of drug-likeness (QED) is 0.722. The number of halogens is 2. The number of rotatable bonds is 2. The van der Waals surface area contributed by atoms with E-state index in [9.17, 15) is 13.4 Å². The minimum atomic E-state index is -2.27. The number of quaternary nitrogens is 1. The highest BCUT2D eigenvalue weighted by Crippen LogP contribution is 2.22.